The molecule has 2 heteroatoms. The zero-order valence-corrected chi connectivity index (χ0v) is 13.6. The van der Waals surface area contributed by atoms with Crippen LogP contribution < -0.4 is 5.56 Å². The average molecular weight is 285 g/mol. The van der Waals surface area contributed by atoms with E-state index in [4.69, 9.17) is 0 Å². The summed E-state index contributed by atoms with van der Waals surface area (Å²) in [5.74, 6) is 0. The van der Waals surface area contributed by atoms with E-state index in [0.29, 0.717) is 0 Å². The van der Waals surface area contributed by atoms with Gasteiger partial charge in [-0.1, -0.05) is 44.9 Å². The van der Waals surface area contributed by atoms with Crippen LogP contribution in [-0.4, -0.2) is 4.57 Å². The third-order valence-electron chi connectivity index (χ3n) is 4.26. The molecule has 0 N–H and O–H groups in total. The predicted octanol–water partition coefficient (Wildman–Crippen LogP) is 4.71. The number of unbranched alkanes of at least 4 members (excludes halogenated alkanes) is 2. The van der Waals surface area contributed by atoms with E-state index in [1.165, 1.54) is 17.4 Å². The third kappa shape index (κ3) is 3.20. The molecule has 1 aromatic heterocycles. The van der Waals surface area contributed by atoms with Gasteiger partial charge in [-0.2, -0.15) is 0 Å². The number of pyridine rings is 1. The molecule has 1 heterocycles. The van der Waals surface area contributed by atoms with Gasteiger partial charge in [0.1, 0.15) is 0 Å². The number of nitrogens with zero attached hydrogens (tertiary/aromatic N) is 1. The molecule has 0 atom stereocenters. The first kappa shape index (κ1) is 15.8. The smallest absolute Gasteiger partial charge is 0.254 e. The molecule has 2 rings (SSSR count). The van der Waals surface area contributed by atoms with Crippen molar-refractivity contribution in [2.45, 2.75) is 65.8 Å². The molecular formula is C19H27NO. The Morgan fingerprint density at radius 1 is 0.905 bits per heavy atom. The van der Waals surface area contributed by atoms with E-state index in [1.54, 1.807) is 0 Å². The van der Waals surface area contributed by atoms with Gasteiger partial charge < -0.3 is 4.57 Å². The minimum Gasteiger partial charge on any atom is -0.308 e. The van der Waals surface area contributed by atoms with Crippen molar-refractivity contribution in [3.8, 4) is 0 Å². The maximum atomic E-state index is 12.9. The van der Waals surface area contributed by atoms with Crippen LogP contribution in [0.15, 0.2) is 29.1 Å². The SMILES string of the molecule is CCCCc1c(CCCC)c2ccccc2n(CC)c1=O. The lowest BCUT2D eigenvalue weighted by Gasteiger charge is -2.17. The number of hydrogen-bond donors (Lipinski definition) is 0. The summed E-state index contributed by atoms with van der Waals surface area (Å²) in [5.41, 5.74) is 3.69. The molecule has 114 valence electrons. The van der Waals surface area contributed by atoms with Crippen LogP contribution in [0.4, 0.5) is 0 Å². The van der Waals surface area contributed by atoms with Gasteiger partial charge in [-0.05, 0) is 44.2 Å². The lowest BCUT2D eigenvalue weighted by Crippen LogP contribution is -2.25. The van der Waals surface area contributed by atoms with Crippen LogP contribution >= 0.6 is 0 Å². The van der Waals surface area contributed by atoms with Crippen molar-refractivity contribution < 1.29 is 0 Å². The van der Waals surface area contributed by atoms with Gasteiger partial charge in [-0.3, -0.25) is 4.79 Å². The van der Waals surface area contributed by atoms with Crippen LogP contribution in [0.1, 0.15) is 57.6 Å². The molecule has 0 aliphatic rings. The molecule has 0 aliphatic heterocycles. The van der Waals surface area contributed by atoms with Crippen LogP contribution in [0.25, 0.3) is 10.9 Å². The van der Waals surface area contributed by atoms with E-state index in [9.17, 15) is 4.79 Å². The molecule has 0 fully saturated rings. The number of aromatic nitrogens is 1. The van der Waals surface area contributed by atoms with Gasteiger partial charge in [0.2, 0.25) is 0 Å². The maximum absolute atomic E-state index is 12.9. The summed E-state index contributed by atoms with van der Waals surface area (Å²) in [7, 11) is 0. The quantitative estimate of drug-likeness (QED) is 0.722. The van der Waals surface area contributed by atoms with Crippen molar-refractivity contribution in [2.24, 2.45) is 0 Å². The number of aryl methyl sites for hydroxylation is 2. The van der Waals surface area contributed by atoms with E-state index in [2.05, 4.69) is 39.0 Å². The van der Waals surface area contributed by atoms with Gasteiger partial charge in [-0.15, -0.1) is 0 Å². The van der Waals surface area contributed by atoms with Gasteiger partial charge in [0.25, 0.3) is 5.56 Å². The van der Waals surface area contributed by atoms with Crippen molar-refractivity contribution in [1.82, 2.24) is 4.57 Å². The van der Waals surface area contributed by atoms with Crippen molar-refractivity contribution in [3.05, 3.63) is 45.7 Å². The summed E-state index contributed by atoms with van der Waals surface area (Å²) < 4.78 is 1.94. The maximum Gasteiger partial charge on any atom is 0.254 e. The van der Waals surface area contributed by atoms with Crippen LogP contribution in [-0.2, 0) is 19.4 Å². The fourth-order valence-corrected chi connectivity index (χ4v) is 3.09. The zero-order chi connectivity index (χ0) is 15.2. The third-order valence-corrected chi connectivity index (χ3v) is 4.26. The molecule has 0 unspecified atom stereocenters. The molecule has 2 aromatic rings. The Morgan fingerprint density at radius 2 is 1.52 bits per heavy atom. The summed E-state index contributed by atoms with van der Waals surface area (Å²) in [6.45, 7) is 7.20. The molecule has 0 aliphatic carbocycles. The van der Waals surface area contributed by atoms with Crippen LogP contribution in [0.3, 0.4) is 0 Å². The molecule has 0 saturated heterocycles. The lowest BCUT2D eigenvalue weighted by molar-refractivity contribution is 0.709. The van der Waals surface area contributed by atoms with Gasteiger partial charge in [0, 0.05) is 17.5 Å². The van der Waals surface area contributed by atoms with E-state index in [-0.39, 0.29) is 5.56 Å². The second-order valence-electron chi connectivity index (χ2n) is 5.73. The molecule has 21 heavy (non-hydrogen) atoms. The second kappa shape index (κ2) is 7.44. The van der Waals surface area contributed by atoms with Crippen molar-refractivity contribution in [2.75, 3.05) is 0 Å². The Bertz CT molecular complexity index is 654. The molecule has 1 aromatic carbocycles. The Kier molecular flexibility index (Phi) is 5.60. The number of rotatable bonds is 7. The first-order chi connectivity index (χ1) is 10.2. The molecule has 2 nitrogen and oxygen atoms in total. The molecule has 0 radical (unpaired) electrons. The summed E-state index contributed by atoms with van der Waals surface area (Å²) >= 11 is 0. The summed E-state index contributed by atoms with van der Waals surface area (Å²) in [4.78, 5) is 12.9. The van der Waals surface area contributed by atoms with E-state index in [0.717, 1.165) is 49.7 Å². The van der Waals surface area contributed by atoms with Gasteiger partial charge >= 0.3 is 0 Å². The van der Waals surface area contributed by atoms with Crippen LogP contribution in [0.5, 0.6) is 0 Å². The summed E-state index contributed by atoms with van der Waals surface area (Å²) in [6, 6.07) is 8.38. The largest absolute Gasteiger partial charge is 0.308 e. The van der Waals surface area contributed by atoms with Crippen molar-refractivity contribution in [1.29, 1.82) is 0 Å². The van der Waals surface area contributed by atoms with E-state index >= 15 is 0 Å². The average Bonchev–Trinajstić information content (AvgIpc) is 2.51. The number of fused-ring (bicyclic) bond motifs is 1. The zero-order valence-electron chi connectivity index (χ0n) is 13.6. The number of hydrogen-bond acceptors (Lipinski definition) is 1. The minimum atomic E-state index is 0.232. The minimum absolute atomic E-state index is 0.232. The molecule has 0 amide bonds. The summed E-state index contributed by atoms with van der Waals surface area (Å²) in [6.07, 6.45) is 6.48. The molecule has 0 saturated carbocycles. The van der Waals surface area contributed by atoms with Crippen LogP contribution in [0.2, 0.25) is 0 Å². The normalized spacial score (nSPS) is 11.2. The lowest BCUT2D eigenvalue weighted by atomic mass is 9.95. The standard InChI is InChI=1S/C19H27NO/c1-4-7-11-15-16-13-9-10-14-18(16)20(6-3)19(21)17(15)12-8-5-2/h9-10,13-14H,4-8,11-12H2,1-3H3. The highest BCUT2D eigenvalue weighted by atomic mass is 16.1. The highest BCUT2D eigenvalue weighted by Gasteiger charge is 2.15. The van der Waals surface area contributed by atoms with Gasteiger partial charge in [0.15, 0.2) is 0 Å². The Hall–Kier alpha value is -1.57. The monoisotopic (exact) mass is 285 g/mol. The predicted molar refractivity (Wildman–Crippen MR) is 91.1 cm³/mol. The molecular weight excluding hydrogens is 258 g/mol. The fraction of sp³-hybridized carbons (Fsp3) is 0.526. The van der Waals surface area contributed by atoms with Gasteiger partial charge in [-0.25, -0.2) is 0 Å². The first-order valence-electron chi connectivity index (χ1n) is 8.37. The Labute approximate surface area is 127 Å². The van der Waals surface area contributed by atoms with E-state index in [1.807, 2.05) is 10.6 Å². The summed E-state index contributed by atoms with van der Waals surface area (Å²) in [5, 5.41) is 1.28. The number of benzene rings is 1. The molecule has 0 bridgehead atoms. The fourth-order valence-electron chi connectivity index (χ4n) is 3.09. The first-order valence-corrected chi connectivity index (χ1v) is 8.37. The van der Waals surface area contributed by atoms with Crippen LogP contribution in [0, 0.1) is 0 Å². The van der Waals surface area contributed by atoms with E-state index < -0.39 is 0 Å². The van der Waals surface area contributed by atoms with Crippen molar-refractivity contribution >= 4 is 10.9 Å². The van der Waals surface area contributed by atoms with Gasteiger partial charge in [0.05, 0.1) is 5.52 Å². The highest BCUT2D eigenvalue weighted by molar-refractivity contribution is 5.83. The van der Waals surface area contributed by atoms with Crippen molar-refractivity contribution in [3.63, 3.8) is 0 Å². The molecule has 0 spiro atoms. The highest BCUT2D eigenvalue weighted by Crippen LogP contribution is 2.23. The topological polar surface area (TPSA) is 22.0 Å². The Balaban J connectivity index is 2.70. The Morgan fingerprint density at radius 3 is 2.14 bits per heavy atom. The number of para-hydroxylation sites is 1. The second-order valence-corrected chi connectivity index (χ2v) is 5.73.